The molecule has 4 rings (SSSR count). The molecule has 0 spiro atoms. The van der Waals surface area contributed by atoms with E-state index in [-0.39, 0.29) is 11.1 Å². The molecule has 2 aromatic carbocycles. The zero-order valence-corrected chi connectivity index (χ0v) is 13.5. The summed E-state index contributed by atoms with van der Waals surface area (Å²) >= 11 is 0. The highest BCUT2D eigenvalue weighted by Gasteiger charge is 2.17. The Bertz CT molecular complexity index is 1150. The number of para-hydroxylation sites is 1. The van der Waals surface area contributed by atoms with Gasteiger partial charge in [-0.2, -0.15) is 0 Å². The Hall–Kier alpha value is -3.74. The van der Waals surface area contributed by atoms with Crippen molar-refractivity contribution >= 4 is 16.7 Å². The third kappa shape index (κ3) is 2.75. The number of non-ortho nitro benzene ring substituents is 1. The van der Waals surface area contributed by atoms with Crippen LogP contribution in [-0.2, 0) is 6.54 Å². The number of hydrogen-bond donors (Lipinski definition) is 0. The summed E-state index contributed by atoms with van der Waals surface area (Å²) < 4.78 is 7.78. The minimum Gasteiger partial charge on any atom is -0.455 e. The van der Waals surface area contributed by atoms with Crippen LogP contribution in [0.25, 0.3) is 22.3 Å². The largest absolute Gasteiger partial charge is 0.455 e. The normalized spacial score (nSPS) is 10.9. The quantitative estimate of drug-likeness (QED) is 0.415. The Morgan fingerprint density at radius 1 is 1.12 bits per heavy atom. The first-order valence-corrected chi connectivity index (χ1v) is 7.89. The van der Waals surface area contributed by atoms with Crippen molar-refractivity contribution in [2.45, 2.75) is 6.54 Å². The molecule has 0 unspecified atom stereocenters. The summed E-state index contributed by atoms with van der Waals surface area (Å²) in [7, 11) is 0. The minimum atomic E-state index is -0.466. The smallest absolute Gasteiger partial charge is 0.269 e. The Morgan fingerprint density at radius 3 is 2.58 bits per heavy atom. The molecule has 26 heavy (non-hydrogen) atoms. The van der Waals surface area contributed by atoms with Gasteiger partial charge in [-0.3, -0.25) is 14.9 Å². The maximum absolute atomic E-state index is 13.0. The lowest BCUT2D eigenvalue weighted by Gasteiger charge is -2.10. The van der Waals surface area contributed by atoms with Gasteiger partial charge < -0.3 is 8.98 Å². The van der Waals surface area contributed by atoms with Crippen molar-refractivity contribution in [3.63, 3.8) is 0 Å². The molecule has 0 atom stereocenters. The van der Waals surface area contributed by atoms with E-state index in [1.165, 1.54) is 12.1 Å². The number of hydrogen-bond acceptors (Lipinski definition) is 5. The molecule has 2 aromatic heterocycles. The second-order valence-corrected chi connectivity index (χ2v) is 5.77. The van der Waals surface area contributed by atoms with E-state index in [4.69, 9.17) is 4.42 Å². The fraction of sp³-hybridized carbons (Fsp3) is 0.0526. The van der Waals surface area contributed by atoms with Gasteiger partial charge in [0.2, 0.25) is 0 Å². The first-order chi connectivity index (χ1) is 12.6. The highest BCUT2D eigenvalue weighted by atomic mass is 16.6. The Labute approximate surface area is 147 Å². The topological polar surface area (TPSA) is 91.2 Å². The van der Waals surface area contributed by atoms with Crippen LogP contribution >= 0.6 is 0 Å². The molecular weight excluding hydrogens is 334 g/mol. The minimum absolute atomic E-state index is 0.0203. The van der Waals surface area contributed by atoms with Crippen molar-refractivity contribution in [2.75, 3.05) is 0 Å². The molecule has 0 aliphatic rings. The van der Waals surface area contributed by atoms with Crippen LogP contribution in [0.15, 0.2) is 76.5 Å². The molecule has 7 nitrogen and oxygen atoms in total. The summed E-state index contributed by atoms with van der Waals surface area (Å²) in [5.74, 6) is 0.400. The van der Waals surface area contributed by atoms with E-state index < -0.39 is 4.92 Å². The van der Waals surface area contributed by atoms with Gasteiger partial charge in [0, 0.05) is 30.1 Å². The monoisotopic (exact) mass is 347 g/mol. The van der Waals surface area contributed by atoms with E-state index in [1.54, 1.807) is 59.7 Å². The summed E-state index contributed by atoms with van der Waals surface area (Å²) in [4.78, 5) is 27.4. The SMILES string of the molecule is O=c1c(Cn2ccnc2)c(-c2ccc([N+](=O)[O-])cc2)oc2ccccc12. The van der Waals surface area contributed by atoms with Gasteiger partial charge in [-0.25, -0.2) is 4.98 Å². The Kier molecular flexibility index (Phi) is 3.81. The van der Waals surface area contributed by atoms with Gasteiger partial charge in [0.25, 0.3) is 5.69 Å². The van der Waals surface area contributed by atoms with Crippen molar-refractivity contribution < 1.29 is 9.34 Å². The molecule has 0 aliphatic carbocycles. The van der Waals surface area contributed by atoms with Crippen LogP contribution in [0.4, 0.5) is 5.69 Å². The lowest BCUT2D eigenvalue weighted by atomic mass is 10.0. The van der Waals surface area contributed by atoms with Crippen LogP contribution in [-0.4, -0.2) is 14.5 Å². The van der Waals surface area contributed by atoms with E-state index in [0.717, 1.165) is 0 Å². The highest BCUT2D eigenvalue weighted by molar-refractivity contribution is 5.80. The van der Waals surface area contributed by atoms with Crippen LogP contribution in [0.1, 0.15) is 5.56 Å². The molecule has 2 heterocycles. The molecule has 0 bridgehead atoms. The zero-order chi connectivity index (χ0) is 18.1. The maximum atomic E-state index is 13.0. The van der Waals surface area contributed by atoms with Crippen molar-refractivity contribution in [1.29, 1.82) is 0 Å². The van der Waals surface area contributed by atoms with Crippen LogP contribution in [0.2, 0.25) is 0 Å². The Morgan fingerprint density at radius 2 is 1.88 bits per heavy atom. The van der Waals surface area contributed by atoms with Gasteiger partial charge in [-0.1, -0.05) is 12.1 Å². The molecular formula is C19H13N3O4. The standard InChI is InChI=1S/C19H13N3O4/c23-18-15-3-1-2-4-17(15)26-19(16(18)11-21-10-9-20-12-21)13-5-7-14(8-6-13)22(24)25/h1-10,12H,11H2. The second kappa shape index (κ2) is 6.29. The third-order valence-corrected chi connectivity index (χ3v) is 4.13. The lowest BCUT2D eigenvalue weighted by molar-refractivity contribution is -0.384. The van der Waals surface area contributed by atoms with Gasteiger partial charge in [0.05, 0.1) is 28.7 Å². The molecule has 0 fully saturated rings. The van der Waals surface area contributed by atoms with Crippen LogP contribution in [0.3, 0.4) is 0 Å². The first-order valence-electron chi connectivity index (χ1n) is 7.89. The van der Waals surface area contributed by atoms with Crippen LogP contribution in [0.5, 0.6) is 0 Å². The number of imidazole rings is 1. The predicted molar refractivity (Wildman–Crippen MR) is 95.9 cm³/mol. The predicted octanol–water partition coefficient (Wildman–Crippen LogP) is 3.61. The summed E-state index contributed by atoms with van der Waals surface area (Å²) in [5.41, 5.74) is 1.39. The van der Waals surface area contributed by atoms with E-state index in [9.17, 15) is 14.9 Å². The fourth-order valence-corrected chi connectivity index (χ4v) is 2.85. The summed E-state index contributed by atoms with van der Waals surface area (Å²) in [5, 5.41) is 11.4. The molecule has 0 N–H and O–H groups in total. The molecule has 0 aliphatic heterocycles. The van der Waals surface area contributed by atoms with Gasteiger partial charge in [0.1, 0.15) is 11.3 Å². The van der Waals surface area contributed by atoms with Gasteiger partial charge in [-0.15, -0.1) is 0 Å². The molecule has 0 saturated carbocycles. The average Bonchev–Trinajstić information content (AvgIpc) is 3.17. The Balaban J connectivity index is 1.94. The highest BCUT2D eigenvalue weighted by Crippen LogP contribution is 2.28. The molecule has 7 heteroatoms. The van der Waals surface area contributed by atoms with Crippen molar-refractivity contribution in [3.05, 3.63) is 93.2 Å². The van der Waals surface area contributed by atoms with Gasteiger partial charge in [0.15, 0.2) is 5.43 Å². The van der Waals surface area contributed by atoms with Gasteiger partial charge in [-0.05, 0) is 24.3 Å². The number of nitro benzene ring substituents is 1. The van der Waals surface area contributed by atoms with Crippen LogP contribution < -0.4 is 5.43 Å². The average molecular weight is 347 g/mol. The maximum Gasteiger partial charge on any atom is 0.269 e. The van der Waals surface area contributed by atoms with Crippen molar-refractivity contribution in [3.8, 4) is 11.3 Å². The number of rotatable bonds is 4. The van der Waals surface area contributed by atoms with Crippen molar-refractivity contribution in [2.24, 2.45) is 0 Å². The summed E-state index contributed by atoms with van der Waals surface area (Å²) in [6.07, 6.45) is 5.01. The van der Waals surface area contributed by atoms with E-state index in [0.29, 0.717) is 34.4 Å². The third-order valence-electron chi connectivity index (χ3n) is 4.13. The van der Waals surface area contributed by atoms with Gasteiger partial charge >= 0.3 is 0 Å². The number of fused-ring (bicyclic) bond motifs is 1. The lowest BCUT2D eigenvalue weighted by Crippen LogP contribution is -2.14. The van der Waals surface area contributed by atoms with Crippen LogP contribution in [0, 0.1) is 10.1 Å². The van der Waals surface area contributed by atoms with E-state index in [1.807, 2.05) is 0 Å². The second-order valence-electron chi connectivity index (χ2n) is 5.77. The molecule has 128 valence electrons. The van der Waals surface area contributed by atoms with Crippen molar-refractivity contribution in [1.82, 2.24) is 9.55 Å². The number of nitro groups is 1. The zero-order valence-electron chi connectivity index (χ0n) is 13.5. The molecule has 0 saturated heterocycles. The summed E-state index contributed by atoms with van der Waals surface area (Å²) in [6, 6.07) is 13.0. The molecule has 0 amide bonds. The van der Waals surface area contributed by atoms with E-state index >= 15 is 0 Å². The first kappa shape index (κ1) is 15.8. The molecule has 0 radical (unpaired) electrons. The number of benzene rings is 2. The number of nitrogens with zero attached hydrogens (tertiary/aromatic N) is 3. The number of aromatic nitrogens is 2. The summed E-state index contributed by atoms with van der Waals surface area (Å²) in [6.45, 7) is 0.291. The molecule has 4 aromatic rings. The fourth-order valence-electron chi connectivity index (χ4n) is 2.85. The van der Waals surface area contributed by atoms with E-state index in [2.05, 4.69) is 4.98 Å².